The standard InChI is InChI=1S/C13H14BrNO3/c1-7(8(2)13(17)18)12(16)15-11-6-4-5-10(14)9(11)3/h4-6H,1-3H3,(H,15,16)(H,17,18)/b8-7+. The number of carboxylic acids is 1. The van der Waals surface area contributed by atoms with Crippen LogP contribution in [0.3, 0.4) is 0 Å². The van der Waals surface area contributed by atoms with Gasteiger partial charge in [-0.15, -0.1) is 0 Å². The van der Waals surface area contributed by atoms with Crippen LogP contribution in [0.15, 0.2) is 33.8 Å². The Labute approximate surface area is 114 Å². The van der Waals surface area contributed by atoms with Crippen molar-refractivity contribution in [1.29, 1.82) is 0 Å². The van der Waals surface area contributed by atoms with Crippen LogP contribution in [0.4, 0.5) is 5.69 Å². The molecule has 0 fully saturated rings. The Bertz CT molecular complexity index is 535. The molecule has 0 aliphatic rings. The first-order valence-corrected chi connectivity index (χ1v) is 6.11. The molecule has 0 radical (unpaired) electrons. The van der Waals surface area contributed by atoms with E-state index >= 15 is 0 Å². The van der Waals surface area contributed by atoms with Gasteiger partial charge in [-0.25, -0.2) is 4.79 Å². The van der Waals surface area contributed by atoms with Crippen LogP contribution in [-0.2, 0) is 9.59 Å². The van der Waals surface area contributed by atoms with E-state index in [-0.39, 0.29) is 11.1 Å². The summed E-state index contributed by atoms with van der Waals surface area (Å²) in [7, 11) is 0. The Hall–Kier alpha value is -1.62. The number of anilines is 1. The zero-order valence-electron chi connectivity index (χ0n) is 10.4. The Morgan fingerprint density at radius 3 is 2.39 bits per heavy atom. The number of rotatable bonds is 3. The Balaban J connectivity index is 2.99. The summed E-state index contributed by atoms with van der Waals surface area (Å²) < 4.78 is 0.886. The second-order valence-corrected chi connectivity index (χ2v) is 4.78. The van der Waals surface area contributed by atoms with Gasteiger partial charge in [0.2, 0.25) is 0 Å². The summed E-state index contributed by atoms with van der Waals surface area (Å²) in [4.78, 5) is 22.6. The summed E-state index contributed by atoms with van der Waals surface area (Å²) >= 11 is 3.37. The molecule has 0 saturated carbocycles. The molecule has 0 aromatic heterocycles. The number of carboxylic acid groups (broad SMARTS) is 1. The largest absolute Gasteiger partial charge is 0.478 e. The lowest BCUT2D eigenvalue weighted by Gasteiger charge is -2.10. The van der Waals surface area contributed by atoms with Crippen LogP contribution >= 0.6 is 15.9 Å². The van der Waals surface area contributed by atoms with E-state index in [0.29, 0.717) is 5.69 Å². The molecule has 1 amide bonds. The van der Waals surface area contributed by atoms with Crippen molar-refractivity contribution < 1.29 is 14.7 Å². The summed E-state index contributed by atoms with van der Waals surface area (Å²) in [5.74, 6) is -1.50. The minimum absolute atomic E-state index is 0.0418. The molecular weight excluding hydrogens is 298 g/mol. The third-order valence-corrected chi connectivity index (χ3v) is 3.60. The fraction of sp³-hybridized carbons (Fsp3) is 0.231. The minimum atomic E-state index is -1.09. The van der Waals surface area contributed by atoms with Crippen LogP contribution in [0, 0.1) is 6.92 Å². The van der Waals surface area contributed by atoms with Gasteiger partial charge in [0.25, 0.3) is 5.91 Å². The van der Waals surface area contributed by atoms with Gasteiger partial charge in [0.1, 0.15) is 0 Å². The molecule has 1 aromatic carbocycles. The first-order valence-electron chi connectivity index (χ1n) is 5.31. The summed E-state index contributed by atoms with van der Waals surface area (Å²) in [5, 5.41) is 11.5. The van der Waals surface area contributed by atoms with E-state index in [2.05, 4.69) is 21.2 Å². The molecule has 5 heteroatoms. The predicted molar refractivity (Wildman–Crippen MR) is 73.5 cm³/mol. The molecule has 0 aliphatic heterocycles. The molecule has 1 aromatic rings. The molecule has 0 spiro atoms. The second-order valence-electron chi connectivity index (χ2n) is 3.92. The van der Waals surface area contributed by atoms with E-state index in [4.69, 9.17) is 5.11 Å². The van der Waals surface area contributed by atoms with Gasteiger partial charge in [0.05, 0.1) is 0 Å². The normalized spacial score (nSPS) is 11.8. The maximum absolute atomic E-state index is 11.9. The molecule has 0 bridgehead atoms. The molecule has 96 valence electrons. The highest BCUT2D eigenvalue weighted by Gasteiger charge is 2.13. The molecule has 0 aliphatic carbocycles. The van der Waals surface area contributed by atoms with E-state index in [1.165, 1.54) is 13.8 Å². The quantitative estimate of drug-likeness (QED) is 0.843. The van der Waals surface area contributed by atoms with Gasteiger partial charge >= 0.3 is 5.97 Å². The highest BCUT2D eigenvalue weighted by atomic mass is 79.9. The maximum atomic E-state index is 11.9. The molecule has 2 N–H and O–H groups in total. The fourth-order valence-electron chi connectivity index (χ4n) is 1.29. The van der Waals surface area contributed by atoms with E-state index in [9.17, 15) is 9.59 Å². The number of carbonyl (C=O) groups is 2. The van der Waals surface area contributed by atoms with Crippen molar-refractivity contribution in [2.75, 3.05) is 5.32 Å². The van der Waals surface area contributed by atoms with Gasteiger partial charge in [-0.1, -0.05) is 22.0 Å². The predicted octanol–water partition coefficient (Wildman–Crippen LogP) is 3.12. The molecule has 18 heavy (non-hydrogen) atoms. The Morgan fingerprint density at radius 1 is 1.22 bits per heavy atom. The number of nitrogens with one attached hydrogen (secondary N) is 1. The fourth-order valence-corrected chi connectivity index (χ4v) is 1.66. The van der Waals surface area contributed by atoms with Crippen molar-refractivity contribution in [2.24, 2.45) is 0 Å². The summed E-state index contributed by atoms with van der Waals surface area (Å²) in [6.07, 6.45) is 0. The van der Waals surface area contributed by atoms with Gasteiger partial charge in [0.15, 0.2) is 0 Å². The van der Waals surface area contributed by atoms with Gasteiger partial charge in [0, 0.05) is 21.3 Å². The molecule has 0 saturated heterocycles. The van der Waals surface area contributed by atoms with Crippen molar-refractivity contribution >= 4 is 33.5 Å². The zero-order chi connectivity index (χ0) is 13.9. The van der Waals surface area contributed by atoms with Crippen LogP contribution in [0.25, 0.3) is 0 Å². The average Bonchev–Trinajstić information content (AvgIpc) is 2.32. The number of aliphatic carboxylic acids is 1. The molecule has 0 atom stereocenters. The first kappa shape index (κ1) is 14.4. The summed E-state index contributed by atoms with van der Waals surface area (Å²) in [6, 6.07) is 5.44. The number of amides is 1. The van der Waals surface area contributed by atoms with E-state index in [1.54, 1.807) is 12.1 Å². The number of carbonyl (C=O) groups excluding carboxylic acids is 1. The topological polar surface area (TPSA) is 66.4 Å². The zero-order valence-corrected chi connectivity index (χ0v) is 12.0. The Kier molecular flexibility index (Phi) is 4.67. The number of hydrogen-bond donors (Lipinski definition) is 2. The monoisotopic (exact) mass is 311 g/mol. The first-order chi connectivity index (χ1) is 8.34. The van der Waals surface area contributed by atoms with Crippen molar-refractivity contribution in [3.63, 3.8) is 0 Å². The lowest BCUT2D eigenvalue weighted by Crippen LogP contribution is -2.16. The number of benzene rings is 1. The molecule has 1 rings (SSSR count). The molecule has 0 heterocycles. The average molecular weight is 312 g/mol. The van der Waals surface area contributed by atoms with Gasteiger partial charge in [-0.3, -0.25) is 4.79 Å². The van der Waals surface area contributed by atoms with Gasteiger partial charge in [-0.2, -0.15) is 0 Å². The van der Waals surface area contributed by atoms with Crippen LogP contribution in [0.1, 0.15) is 19.4 Å². The summed E-state index contributed by atoms with van der Waals surface area (Å²) in [6.45, 7) is 4.76. The highest BCUT2D eigenvalue weighted by Crippen LogP contribution is 2.24. The smallest absolute Gasteiger partial charge is 0.331 e. The van der Waals surface area contributed by atoms with E-state index in [1.807, 2.05) is 13.0 Å². The molecule has 0 unspecified atom stereocenters. The van der Waals surface area contributed by atoms with Crippen LogP contribution in [0.2, 0.25) is 0 Å². The van der Waals surface area contributed by atoms with Gasteiger partial charge < -0.3 is 10.4 Å². The van der Waals surface area contributed by atoms with Crippen LogP contribution in [0.5, 0.6) is 0 Å². The van der Waals surface area contributed by atoms with Crippen molar-refractivity contribution in [2.45, 2.75) is 20.8 Å². The Morgan fingerprint density at radius 2 is 1.83 bits per heavy atom. The van der Waals surface area contributed by atoms with Crippen molar-refractivity contribution in [3.05, 3.63) is 39.4 Å². The van der Waals surface area contributed by atoms with Crippen molar-refractivity contribution in [1.82, 2.24) is 0 Å². The third kappa shape index (κ3) is 3.20. The maximum Gasteiger partial charge on any atom is 0.331 e. The highest BCUT2D eigenvalue weighted by molar-refractivity contribution is 9.10. The third-order valence-electron chi connectivity index (χ3n) is 2.74. The van der Waals surface area contributed by atoms with E-state index in [0.717, 1.165) is 10.0 Å². The van der Waals surface area contributed by atoms with E-state index < -0.39 is 11.9 Å². The van der Waals surface area contributed by atoms with Crippen molar-refractivity contribution in [3.8, 4) is 0 Å². The van der Waals surface area contributed by atoms with Gasteiger partial charge in [-0.05, 0) is 38.5 Å². The lowest BCUT2D eigenvalue weighted by molar-refractivity contribution is -0.133. The lowest BCUT2D eigenvalue weighted by atomic mass is 10.1. The van der Waals surface area contributed by atoms with Crippen LogP contribution in [-0.4, -0.2) is 17.0 Å². The minimum Gasteiger partial charge on any atom is -0.478 e. The van der Waals surface area contributed by atoms with Crippen LogP contribution < -0.4 is 5.32 Å². The second kappa shape index (κ2) is 5.82. The number of hydrogen-bond acceptors (Lipinski definition) is 2. The summed E-state index contributed by atoms with van der Waals surface area (Å²) in [5.41, 5.74) is 1.79. The SMILES string of the molecule is C/C(C(=O)O)=C(/C)C(=O)Nc1cccc(Br)c1C. The molecule has 4 nitrogen and oxygen atoms in total. The number of halogens is 1. The molecular formula is C13H14BrNO3.